The summed E-state index contributed by atoms with van der Waals surface area (Å²) < 4.78 is 0. The molecule has 1 aliphatic rings. The number of hydrogen-bond donors (Lipinski definition) is 2. The molecule has 0 saturated heterocycles. The minimum absolute atomic E-state index is 0.551. The lowest BCUT2D eigenvalue weighted by Crippen LogP contribution is -2.31. The standard InChI is InChI=1S/C14H25N5/c1-3-5-13-17-12(15)10-14(18-13)16-8-9-19(4-2)11-6-7-11/h10-11H,3-9H2,1-2H3,(H3,15,16,17,18). The molecule has 5 nitrogen and oxygen atoms in total. The van der Waals surface area contributed by atoms with E-state index in [2.05, 4.69) is 34.0 Å². The van der Waals surface area contributed by atoms with Gasteiger partial charge in [0.05, 0.1) is 0 Å². The first-order chi connectivity index (χ1) is 9.22. The third-order valence-corrected chi connectivity index (χ3v) is 3.44. The fourth-order valence-electron chi connectivity index (χ4n) is 2.31. The van der Waals surface area contributed by atoms with Gasteiger partial charge in [-0.15, -0.1) is 0 Å². The van der Waals surface area contributed by atoms with Crippen LogP contribution in [-0.2, 0) is 6.42 Å². The summed E-state index contributed by atoms with van der Waals surface area (Å²) in [6.45, 7) is 7.44. The van der Waals surface area contributed by atoms with Crippen LogP contribution in [0.25, 0.3) is 0 Å². The maximum Gasteiger partial charge on any atom is 0.133 e. The zero-order chi connectivity index (χ0) is 13.7. The van der Waals surface area contributed by atoms with Gasteiger partial charge in [-0.1, -0.05) is 13.8 Å². The van der Waals surface area contributed by atoms with E-state index in [1.54, 1.807) is 0 Å². The Morgan fingerprint density at radius 1 is 1.37 bits per heavy atom. The van der Waals surface area contributed by atoms with Crippen LogP contribution < -0.4 is 11.1 Å². The lowest BCUT2D eigenvalue weighted by molar-refractivity contribution is 0.289. The number of aryl methyl sites for hydroxylation is 1. The number of anilines is 2. The number of rotatable bonds is 8. The van der Waals surface area contributed by atoms with Crippen LogP contribution in [0.5, 0.6) is 0 Å². The summed E-state index contributed by atoms with van der Waals surface area (Å²) in [7, 11) is 0. The van der Waals surface area contributed by atoms with Gasteiger partial charge >= 0.3 is 0 Å². The molecular formula is C14H25N5. The zero-order valence-electron chi connectivity index (χ0n) is 12.0. The van der Waals surface area contributed by atoms with Crippen LogP contribution in [-0.4, -0.2) is 40.5 Å². The molecule has 0 atom stereocenters. The normalized spacial score (nSPS) is 14.9. The van der Waals surface area contributed by atoms with Gasteiger partial charge in [0, 0.05) is 31.6 Å². The van der Waals surface area contributed by atoms with E-state index in [1.807, 2.05) is 6.07 Å². The lowest BCUT2D eigenvalue weighted by atomic mass is 10.3. The van der Waals surface area contributed by atoms with E-state index in [4.69, 9.17) is 5.73 Å². The van der Waals surface area contributed by atoms with Gasteiger partial charge in [0.2, 0.25) is 0 Å². The molecule has 1 aromatic rings. The summed E-state index contributed by atoms with van der Waals surface area (Å²) >= 11 is 0. The Morgan fingerprint density at radius 3 is 2.79 bits per heavy atom. The highest BCUT2D eigenvalue weighted by Crippen LogP contribution is 2.25. The Labute approximate surface area is 115 Å². The van der Waals surface area contributed by atoms with Crippen molar-refractivity contribution in [2.24, 2.45) is 0 Å². The predicted molar refractivity (Wildman–Crippen MR) is 79.2 cm³/mol. The third kappa shape index (κ3) is 4.35. The van der Waals surface area contributed by atoms with Crippen LogP contribution in [0, 0.1) is 0 Å². The lowest BCUT2D eigenvalue weighted by Gasteiger charge is -2.20. The van der Waals surface area contributed by atoms with E-state index >= 15 is 0 Å². The van der Waals surface area contributed by atoms with Crippen molar-refractivity contribution in [3.05, 3.63) is 11.9 Å². The fourth-order valence-corrected chi connectivity index (χ4v) is 2.31. The number of hydrogen-bond acceptors (Lipinski definition) is 5. The van der Waals surface area contributed by atoms with Crippen molar-refractivity contribution in [2.75, 3.05) is 30.7 Å². The van der Waals surface area contributed by atoms with Crippen LogP contribution in [0.4, 0.5) is 11.6 Å². The van der Waals surface area contributed by atoms with Crippen molar-refractivity contribution in [2.45, 2.75) is 45.6 Å². The third-order valence-electron chi connectivity index (χ3n) is 3.44. The Balaban J connectivity index is 1.84. The average Bonchev–Trinajstić information content (AvgIpc) is 3.19. The molecular weight excluding hydrogens is 238 g/mol. The summed E-state index contributed by atoms with van der Waals surface area (Å²) in [6, 6.07) is 2.63. The quantitative estimate of drug-likeness (QED) is 0.750. The molecule has 0 spiro atoms. The largest absolute Gasteiger partial charge is 0.384 e. The van der Waals surface area contributed by atoms with E-state index in [-0.39, 0.29) is 0 Å². The molecule has 0 amide bonds. The van der Waals surface area contributed by atoms with Gasteiger partial charge < -0.3 is 11.1 Å². The molecule has 106 valence electrons. The highest BCUT2D eigenvalue weighted by atomic mass is 15.2. The smallest absolute Gasteiger partial charge is 0.133 e. The molecule has 3 N–H and O–H groups in total. The van der Waals surface area contributed by atoms with Gasteiger partial charge in [0.25, 0.3) is 0 Å². The molecule has 19 heavy (non-hydrogen) atoms. The molecule has 0 aliphatic heterocycles. The SMILES string of the molecule is CCCc1nc(N)cc(NCCN(CC)C2CC2)n1. The molecule has 0 unspecified atom stereocenters. The number of nitrogens with two attached hydrogens (primary N) is 1. The molecule has 0 aromatic carbocycles. The Morgan fingerprint density at radius 2 is 2.16 bits per heavy atom. The molecule has 1 aliphatic carbocycles. The van der Waals surface area contributed by atoms with Crippen LogP contribution >= 0.6 is 0 Å². The first kappa shape index (κ1) is 14.1. The van der Waals surface area contributed by atoms with Crippen molar-refractivity contribution in [1.82, 2.24) is 14.9 Å². The second kappa shape index (κ2) is 6.70. The minimum Gasteiger partial charge on any atom is -0.384 e. The molecule has 0 bridgehead atoms. The van der Waals surface area contributed by atoms with Crippen molar-refractivity contribution in [1.29, 1.82) is 0 Å². The molecule has 0 radical (unpaired) electrons. The Bertz CT molecular complexity index is 403. The summed E-state index contributed by atoms with van der Waals surface area (Å²) in [5, 5.41) is 3.36. The summed E-state index contributed by atoms with van der Waals surface area (Å²) in [4.78, 5) is 11.2. The molecule has 5 heteroatoms. The molecule has 1 aromatic heterocycles. The van der Waals surface area contributed by atoms with E-state index in [0.29, 0.717) is 5.82 Å². The first-order valence-corrected chi connectivity index (χ1v) is 7.34. The number of nitrogen functional groups attached to an aromatic ring is 1. The van der Waals surface area contributed by atoms with Crippen LogP contribution in [0.2, 0.25) is 0 Å². The maximum atomic E-state index is 5.80. The van der Waals surface area contributed by atoms with Crippen molar-refractivity contribution in [3.8, 4) is 0 Å². The van der Waals surface area contributed by atoms with Gasteiger partial charge in [-0.3, -0.25) is 4.90 Å². The van der Waals surface area contributed by atoms with Crippen LogP contribution in [0.3, 0.4) is 0 Å². The summed E-state index contributed by atoms with van der Waals surface area (Å²) in [5.41, 5.74) is 5.80. The van der Waals surface area contributed by atoms with Crippen LogP contribution in [0.1, 0.15) is 38.9 Å². The van der Waals surface area contributed by atoms with Crippen molar-refractivity contribution >= 4 is 11.6 Å². The van der Waals surface area contributed by atoms with Gasteiger partial charge in [0.1, 0.15) is 17.5 Å². The number of nitrogens with one attached hydrogen (secondary N) is 1. The second-order valence-electron chi connectivity index (χ2n) is 5.13. The highest BCUT2D eigenvalue weighted by Gasteiger charge is 2.27. The van der Waals surface area contributed by atoms with E-state index < -0.39 is 0 Å². The average molecular weight is 263 g/mol. The highest BCUT2D eigenvalue weighted by molar-refractivity contribution is 5.44. The van der Waals surface area contributed by atoms with Gasteiger partial charge in [-0.05, 0) is 25.8 Å². The topological polar surface area (TPSA) is 67.1 Å². The summed E-state index contributed by atoms with van der Waals surface area (Å²) in [6.07, 6.45) is 4.63. The number of nitrogens with zero attached hydrogens (tertiary/aromatic N) is 3. The summed E-state index contributed by atoms with van der Waals surface area (Å²) in [5.74, 6) is 2.23. The number of aromatic nitrogens is 2. The molecule has 1 heterocycles. The van der Waals surface area contributed by atoms with Crippen molar-refractivity contribution < 1.29 is 0 Å². The van der Waals surface area contributed by atoms with Gasteiger partial charge in [-0.25, -0.2) is 9.97 Å². The van der Waals surface area contributed by atoms with Crippen LogP contribution in [0.15, 0.2) is 6.07 Å². The molecule has 1 saturated carbocycles. The maximum absolute atomic E-state index is 5.80. The molecule has 2 rings (SSSR count). The number of likely N-dealkylation sites (N-methyl/N-ethyl adjacent to an activating group) is 1. The second-order valence-corrected chi connectivity index (χ2v) is 5.13. The predicted octanol–water partition coefficient (Wildman–Crippen LogP) is 1.91. The van der Waals surface area contributed by atoms with Crippen molar-refractivity contribution in [3.63, 3.8) is 0 Å². The minimum atomic E-state index is 0.551. The van der Waals surface area contributed by atoms with Gasteiger partial charge in [-0.2, -0.15) is 0 Å². The Kier molecular flexibility index (Phi) is 4.96. The van der Waals surface area contributed by atoms with Gasteiger partial charge in [0.15, 0.2) is 0 Å². The van der Waals surface area contributed by atoms with E-state index in [0.717, 1.165) is 50.2 Å². The first-order valence-electron chi connectivity index (χ1n) is 7.34. The fraction of sp³-hybridized carbons (Fsp3) is 0.714. The molecule has 1 fully saturated rings. The van der Waals surface area contributed by atoms with E-state index in [9.17, 15) is 0 Å². The Hall–Kier alpha value is -1.36. The van der Waals surface area contributed by atoms with E-state index in [1.165, 1.54) is 12.8 Å². The zero-order valence-corrected chi connectivity index (χ0v) is 12.0. The monoisotopic (exact) mass is 263 g/mol.